The minimum absolute atomic E-state index is 0.0263. The van der Waals surface area contributed by atoms with Crippen molar-refractivity contribution in [3.8, 4) is 0 Å². The minimum atomic E-state index is -4.61. The van der Waals surface area contributed by atoms with Gasteiger partial charge < -0.3 is 4.74 Å². The molecule has 0 aliphatic carbocycles. The van der Waals surface area contributed by atoms with E-state index < -0.39 is 23.7 Å². The van der Waals surface area contributed by atoms with Crippen molar-refractivity contribution in [3.63, 3.8) is 0 Å². The number of hydrogen-bond donors (Lipinski definition) is 0. The third-order valence-electron chi connectivity index (χ3n) is 1.92. The van der Waals surface area contributed by atoms with Crippen LogP contribution in [-0.2, 0) is 10.9 Å². The highest BCUT2D eigenvalue weighted by atomic mass is 19.4. The van der Waals surface area contributed by atoms with Crippen LogP contribution in [0.3, 0.4) is 0 Å². The van der Waals surface area contributed by atoms with E-state index in [1.807, 2.05) is 0 Å². The molecule has 17 heavy (non-hydrogen) atoms. The molecule has 0 atom stereocenters. The smallest absolute Gasteiger partial charge is 0.435 e. The molecule has 0 radical (unpaired) electrons. The van der Waals surface area contributed by atoms with Crippen molar-refractivity contribution in [1.82, 2.24) is 19.8 Å². The minimum Gasteiger partial charge on any atom is -0.463 e. The van der Waals surface area contributed by atoms with Gasteiger partial charge in [0.15, 0.2) is 11.3 Å². The molecule has 6 nitrogen and oxygen atoms in total. The summed E-state index contributed by atoms with van der Waals surface area (Å²) in [5, 5.41) is 10.1. The molecule has 0 bridgehead atoms. The van der Waals surface area contributed by atoms with Gasteiger partial charge in [0.1, 0.15) is 0 Å². The second-order valence-corrected chi connectivity index (χ2v) is 3.00. The maximum absolute atomic E-state index is 12.4. The van der Waals surface area contributed by atoms with Crippen LogP contribution in [0.2, 0.25) is 0 Å². The molecule has 0 N–H and O–H groups in total. The Hall–Kier alpha value is -2.19. The lowest BCUT2D eigenvalue weighted by Gasteiger charge is -2.05. The first kappa shape index (κ1) is 11.3. The van der Waals surface area contributed by atoms with Crippen molar-refractivity contribution >= 4 is 11.6 Å². The van der Waals surface area contributed by atoms with E-state index in [4.69, 9.17) is 0 Å². The van der Waals surface area contributed by atoms with Gasteiger partial charge in [0, 0.05) is 0 Å². The summed E-state index contributed by atoms with van der Waals surface area (Å²) in [6, 6.07) is 1.82. The fraction of sp³-hybridized carbons (Fsp3) is 0.250. The quantitative estimate of drug-likeness (QED) is 0.700. The molecule has 0 saturated heterocycles. The number of methoxy groups -OCH3 is 1. The third kappa shape index (κ3) is 1.90. The lowest BCUT2D eigenvalue weighted by Crippen LogP contribution is -2.14. The zero-order chi connectivity index (χ0) is 12.6. The Kier molecular flexibility index (Phi) is 2.45. The lowest BCUT2D eigenvalue weighted by molar-refractivity contribution is -0.141. The number of nitrogens with zero attached hydrogens (tertiary/aromatic N) is 4. The van der Waals surface area contributed by atoms with Gasteiger partial charge in [-0.1, -0.05) is 0 Å². The van der Waals surface area contributed by atoms with Gasteiger partial charge in [0.25, 0.3) is 5.82 Å². The fourth-order valence-corrected chi connectivity index (χ4v) is 1.16. The summed E-state index contributed by atoms with van der Waals surface area (Å²) >= 11 is 0. The fourth-order valence-electron chi connectivity index (χ4n) is 1.16. The van der Waals surface area contributed by atoms with Crippen molar-refractivity contribution in [3.05, 3.63) is 23.7 Å². The predicted molar refractivity (Wildman–Crippen MR) is 47.1 cm³/mol. The molecule has 2 aromatic heterocycles. The second-order valence-electron chi connectivity index (χ2n) is 3.00. The van der Waals surface area contributed by atoms with Gasteiger partial charge in [-0.25, -0.2) is 4.79 Å². The van der Waals surface area contributed by atoms with Crippen molar-refractivity contribution < 1.29 is 22.7 Å². The highest BCUT2D eigenvalue weighted by Crippen LogP contribution is 2.27. The first-order valence-corrected chi connectivity index (χ1v) is 4.31. The first-order valence-electron chi connectivity index (χ1n) is 4.31. The van der Waals surface area contributed by atoms with Crippen molar-refractivity contribution in [2.75, 3.05) is 7.11 Å². The Morgan fingerprint density at radius 3 is 2.65 bits per heavy atom. The van der Waals surface area contributed by atoms with Crippen LogP contribution in [0.25, 0.3) is 5.65 Å². The molecule has 0 amide bonds. The highest BCUT2D eigenvalue weighted by Gasteiger charge is 2.33. The van der Waals surface area contributed by atoms with Crippen LogP contribution in [0, 0.1) is 0 Å². The van der Waals surface area contributed by atoms with Gasteiger partial charge in [-0.15, -0.1) is 10.2 Å². The van der Waals surface area contributed by atoms with Crippen molar-refractivity contribution in [2.45, 2.75) is 6.18 Å². The van der Waals surface area contributed by atoms with Crippen molar-refractivity contribution in [1.29, 1.82) is 0 Å². The monoisotopic (exact) mass is 246 g/mol. The van der Waals surface area contributed by atoms with Crippen LogP contribution >= 0.6 is 0 Å². The Morgan fingerprint density at radius 1 is 1.35 bits per heavy atom. The summed E-state index contributed by atoms with van der Waals surface area (Å²) in [7, 11) is 1.08. The van der Waals surface area contributed by atoms with E-state index in [2.05, 4.69) is 20.0 Å². The zero-order valence-electron chi connectivity index (χ0n) is 8.39. The van der Waals surface area contributed by atoms with E-state index in [0.29, 0.717) is 4.52 Å². The van der Waals surface area contributed by atoms with E-state index in [-0.39, 0.29) is 5.65 Å². The zero-order valence-corrected chi connectivity index (χ0v) is 8.39. The van der Waals surface area contributed by atoms with Crippen LogP contribution in [0.5, 0.6) is 0 Å². The van der Waals surface area contributed by atoms with Gasteiger partial charge in [-0.2, -0.15) is 22.8 Å². The van der Waals surface area contributed by atoms with Crippen molar-refractivity contribution in [2.24, 2.45) is 0 Å². The lowest BCUT2D eigenvalue weighted by atomic mass is 10.4. The number of carbonyl (C=O) groups excluding carboxylic acids is 1. The molecular formula is C8H5F3N4O2. The number of hydrogen-bond acceptors (Lipinski definition) is 5. The second kappa shape index (κ2) is 3.68. The highest BCUT2D eigenvalue weighted by molar-refractivity contribution is 5.85. The van der Waals surface area contributed by atoms with Crippen LogP contribution in [-0.4, -0.2) is 32.9 Å². The van der Waals surface area contributed by atoms with Crippen LogP contribution in [0.1, 0.15) is 16.3 Å². The maximum Gasteiger partial charge on any atom is 0.435 e. The molecule has 0 aromatic carbocycles. The molecular weight excluding hydrogens is 241 g/mol. The molecule has 2 heterocycles. The van der Waals surface area contributed by atoms with E-state index in [1.54, 1.807) is 0 Å². The molecule has 9 heteroatoms. The maximum atomic E-state index is 12.4. The SMILES string of the molecule is COC(=O)c1nnc2ccc(C(F)(F)F)nn12. The summed E-state index contributed by atoms with van der Waals surface area (Å²) in [5.74, 6) is -1.32. The third-order valence-corrected chi connectivity index (χ3v) is 1.92. The predicted octanol–water partition coefficient (Wildman–Crippen LogP) is 0.930. The summed E-state index contributed by atoms with van der Waals surface area (Å²) in [5.41, 5.74) is -1.12. The number of fused-ring (bicyclic) bond motifs is 1. The van der Waals surface area contributed by atoms with Gasteiger partial charge in [-0.05, 0) is 12.1 Å². The molecule has 0 aliphatic rings. The molecule has 0 unspecified atom stereocenters. The summed E-state index contributed by atoms with van der Waals surface area (Å²) in [6.07, 6.45) is -4.61. The number of rotatable bonds is 1. The van der Waals surface area contributed by atoms with Crippen LogP contribution in [0.15, 0.2) is 12.1 Å². The average molecular weight is 246 g/mol. The Bertz CT molecular complexity index is 578. The largest absolute Gasteiger partial charge is 0.463 e. The standard InChI is InChI=1S/C8H5F3N4O2/c1-17-7(16)6-13-12-5-3-2-4(8(9,10)11)14-15(5)6/h2-3H,1H3. The van der Waals surface area contributed by atoms with E-state index in [0.717, 1.165) is 19.2 Å². The average Bonchev–Trinajstić information content (AvgIpc) is 2.69. The molecule has 0 spiro atoms. The normalized spacial score (nSPS) is 11.8. The molecule has 2 aromatic rings. The summed E-state index contributed by atoms with van der Waals surface area (Å²) in [4.78, 5) is 11.2. The van der Waals surface area contributed by atoms with E-state index in [1.165, 1.54) is 0 Å². The number of esters is 1. The molecule has 2 rings (SSSR count). The van der Waals surface area contributed by atoms with Crippen LogP contribution in [0.4, 0.5) is 13.2 Å². The Balaban J connectivity index is 2.62. The Labute approximate surface area is 92.0 Å². The molecule has 90 valence electrons. The molecule has 0 saturated carbocycles. The topological polar surface area (TPSA) is 69.4 Å². The molecule has 0 aliphatic heterocycles. The number of ether oxygens (including phenoxy) is 1. The summed E-state index contributed by atoms with van der Waals surface area (Å²) < 4.78 is 42.2. The van der Waals surface area contributed by atoms with E-state index in [9.17, 15) is 18.0 Å². The number of aromatic nitrogens is 4. The summed E-state index contributed by atoms with van der Waals surface area (Å²) in [6.45, 7) is 0. The van der Waals surface area contributed by atoms with Gasteiger partial charge in [-0.3, -0.25) is 0 Å². The first-order chi connectivity index (χ1) is 7.93. The van der Waals surface area contributed by atoms with Gasteiger partial charge in [0.2, 0.25) is 0 Å². The van der Waals surface area contributed by atoms with Crippen LogP contribution < -0.4 is 0 Å². The van der Waals surface area contributed by atoms with E-state index >= 15 is 0 Å². The van der Waals surface area contributed by atoms with Gasteiger partial charge >= 0.3 is 12.1 Å². The number of carbonyl (C=O) groups is 1. The molecule has 0 fully saturated rings. The number of alkyl halides is 3. The van der Waals surface area contributed by atoms with Gasteiger partial charge in [0.05, 0.1) is 7.11 Å². The number of halogens is 3. The Morgan fingerprint density at radius 2 is 2.06 bits per heavy atom.